The minimum atomic E-state index is -0.264. The predicted molar refractivity (Wildman–Crippen MR) is 56.1 cm³/mol. The van der Waals surface area contributed by atoms with Crippen LogP contribution in [0.25, 0.3) is 0 Å². The summed E-state index contributed by atoms with van der Waals surface area (Å²) in [5.74, 6) is -0.264. The molecule has 1 aromatic heterocycles. The number of carbonyl (C=O) groups is 1. The summed E-state index contributed by atoms with van der Waals surface area (Å²) in [4.78, 5) is 15.2. The third-order valence-electron chi connectivity index (χ3n) is 2.17. The lowest BCUT2D eigenvalue weighted by Crippen LogP contribution is -2.19. The lowest BCUT2D eigenvalue weighted by atomic mass is 10.2. The molecular formula is C10H17N3O2. The number of nitrogens with two attached hydrogens (primary N) is 1. The summed E-state index contributed by atoms with van der Waals surface area (Å²) in [6.07, 6.45) is 4.10. The molecule has 5 nitrogen and oxygen atoms in total. The van der Waals surface area contributed by atoms with Crippen LogP contribution in [0.2, 0.25) is 0 Å². The molecule has 0 amide bonds. The van der Waals surface area contributed by atoms with Gasteiger partial charge in [0.15, 0.2) is 0 Å². The second-order valence-corrected chi connectivity index (χ2v) is 3.27. The Labute approximate surface area is 89.2 Å². The van der Waals surface area contributed by atoms with E-state index in [9.17, 15) is 4.79 Å². The van der Waals surface area contributed by atoms with Crippen LogP contribution in [0.4, 0.5) is 0 Å². The highest BCUT2D eigenvalue weighted by Crippen LogP contribution is 2.12. The lowest BCUT2D eigenvalue weighted by molar-refractivity contribution is -0.143. The average Bonchev–Trinajstić information content (AvgIpc) is 2.65. The van der Waals surface area contributed by atoms with Gasteiger partial charge in [0, 0.05) is 12.2 Å². The molecule has 0 spiro atoms. The van der Waals surface area contributed by atoms with E-state index in [-0.39, 0.29) is 18.6 Å². The van der Waals surface area contributed by atoms with Crippen LogP contribution in [0.5, 0.6) is 0 Å². The monoisotopic (exact) mass is 211 g/mol. The minimum absolute atomic E-state index is 0.0815. The van der Waals surface area contributed by atoms with Crippen LogP contribution in [0.3, 0.4) is 0 Å². The Morgan fingerprint density at radius 1 is 1.67 bits per heavy atom. The highest BCUT2D eigenvalue weighted by Gasteiger charge is 2.12. The van der Waals surface area contributed by atoms with E-state index in [1.807, 2.05) is 6.92 Å². The van der Waals surface area contributed by atoms with Crippen molar-refractivity contribution in [2.45, 2.75) is 32.9 Å². The van der Waals surface area contributed by atoms with Crippen LogP contribution in [-0.2, 0) is 16.1 Å². The second kappa shape index (κ2) is 5.50. The molecule has 2 N–H and O–H groups in total. The third-order valence-corrected chi connectivity index (χ3v) is 2.17. The summed E-state index contributed by atoms with van der Waals surface area (Å²) in [6.45, 7) is 4.34. The first-order valence-corrected chi connectivity index (χ1v) is 5.10. The fraction of sp³-hybridized carbons (Fsp3) is 0.600. The van der Waals surface area contributed by atoms with Gasteiger partial charge in [-0.05, 0) is 13.3 Å². The summed E-state index contributed by atoms with van der Waals surface area (Å²) in [7, 11) is 0. The normalized spacial score (nSPS) is 12.5. The summed E-state index contributed by atoms with van der Waals surface area (Å²) < 4.78 is 6.58. The van der Waals surface area contributed by atoms with Crippen LogP contribution < -0.4 is 5.73 Å². The van der Waals surface area contributed by atoms with Gasteiger partial charge < -0.3 is 15.0 Å². The predicted octanol–water partition coefficient (Wildman–Crippen LogP) is 0.856. The topological polar surface area (TPSA) is 70.1 Å². The van der Waals surface area contributed by atoms with Crippen molar-refractivity contribution in [3.05, 3.63) is 18.2 Å². The fourth-order valence-electron chi connectivity index (χ4n) is 1.33. The maximum absolute atomic E-state index is 11.3. The quantitative estimate of drug-likeness (QED) is 0.733. The van der Waals surface area contributed by atoms with Crippen molar-refractivity contribution in [1.29, 1.82) is 0 Å². The molecular weight excluding hydrogens is 194 g/mol. The van der Waals surface area contributed by atoms with Crippen molar-refractivity contribution >= 4 is 5.97 Å². The molecule has 0 bridgehead atoms. The van der Waals surface area contributed by atoms with E-state index in [1.165, 1.54) is 0 Å². The molecule has 0 aliphatic carbocycles. The smallest absolute Gasteiger partial charge is 0.325 e. The van der Waals surface area contributed by atoms with Crippen LogP contribution in [0, 0.1) is 0 Å². The molecule has 1 rings (SSSR count). The molecule has 0 aliphatic rings. The number of ether oxygens (including phenoxy) is 1. The molecule has 0 aromatic carbocycles. The Balaban J connectivity index is 2.68. The van der Waals surface area contributed by atoms with Crippen molar-refractivity contribution in [3.8, 4) is 0 Å². The van der Waals surface area contributed by atoms with Crippen molar-refractivity contribution in [1.82, 2.24) is 9.55 Å². The number of esters is 1. The van der Waals surface area contributed by atoms with Gasteiger partial charge in [0.2, 0.25) is 0 Å². The van der Waals surface area contributed by atoms with Crippen molar-refractivity contribution in [2.75, 3.05) is 6.61 Å². The maximum atomic E-state index is 11.3. The zero-order chi connectivity index (χ0) is 11.3. The molecule has 0 saturated heterocycles. The molecule has 1 heterocycles. The van der Waals surface area contributed by atoms with Gasteiger partial charge in [0.1, 0.15) is 6.54 Å². The van der Waals surface area contributed by atoms with Gasteiger partial charge >= 0.3 is 5.97 Å². The molecule has 0 radical (unpaired) electrons. The Morgan fingerprint density at radius 3 is 3.00 bits per heavy atom. The number of hydrogen-bond donors (Lipinski definition) is 1. The van der Waals surface area contributed by atoms with Crippen LogP contribution >= 0.6 is 0 Å². The molecule has 84 valence electrons. The molecule has 15 heavy (non-hydrogen) atoms. The first kappa shape index (κ1) is 11.7. The summed E-state index contributed by atoms with van der Waals surface area (Å²) in [6, 6.07) is -0.0815. The number of nitrogens with zero attached hydrogens (tertiary/aromatic N) is 2. The molecule has 0 unspecified atom stereocenters. The van der Waals surface area contributed by atoms with Gasteiger partial charge in [0.05, 0.1) is 18.6 Å². The molecule has 1 atom stereocenters. The number of hydrogen-bond acceptors (Lipinski definition) is 4. The number of imidazole rings is 1. The van der Waals surface area contributed by atoms with E-state index in [2.05, 4.69) is 4.98 Å². The van der Waals surface area contributed by atoms with E-state index >= 15 is 0 Å². The molecule has 0 aliphatic heterocycles. The average molecular weight is 211 g/mol. The summed E-state index contributed by atoms with van der Waals surface area (Å²) >= 11 is 0. The van der Waals surface area contributed by atoms with Gasteiger partial charge in [-0.2, -0.15) is 0 Å². The largest absolute Gasteiger partial charge is 0.465 e. The molecule has 5 heteroatoms. The van der Waals surface area contributed by atoms with Crippen LogP contribution in [-0.4, -0.2) is 22.1 Å². The maximum Gasteiger partial charge on any atom is 0.325 e. The fourth-order valence-corrected chi connectivity index (χ4v) is 1.33. The summed E-state index contributed by atoms with van der Waals surface area (Å²) in [5.41, 5.74) is 6.74. The van der Waals surface area contributed by atoms with Crippen LogP contribution in [0.15, 0.2) is 12.5 Å². The standard InChI is InChI=1S/C10H17N3O2/c1-3-8(11)9-5-12-7-13(9)6-10(14)15-4-2/h5,7-8H,3-4,6,11H2,1-2H3/t8-/m1/s1. The Morgan fingerprint density at radius 2 is 2.40 bits per heavy atom. The van der Waals surface area contributed by atoms with Crippen LogP contribution in [0.1, 0.15) is 32.0 Å². The van der Waals surface area contributed by atoms with Crippen molar-refractivity contribution in [2.24, 2.45) is 5.73 Å². The van der Waals surface area contributed by atoms with E-state index in [0.29, 0.717) is 6.61 Å². The van der Waals surface area contributed by atoms with E-state index in [4.69, 9.17) is 10.5 Å². The van der Waals surface area contributed by atoms with E-state index < -0.39 is 0 Å². The highest BCUT2D eigenvalue weighted by molar-refractivity contribution is 5.69. The lowest BCUT2D eigenvalue weighted by Gasteiger charge is -2.11. The van der Waals surface area contributed by atoms with Gasteiger partial charge in [-0.3, -0.25) is 4.79 Å². The van der Waals surface area contributed by atoms with Crippen molar-refractivity contribution in [3.63, 3.8) is 0 Å². The van der Waals surface area contributed by atoms with Gasteiger partial charge in [0.25, 0.3) is 0 Å². The summed E-state index contributed by atoms with van der Waals surface area (Å²) in [5, 5.41) is 0. The molecule has 0 fully saturated rings. The first-order chi connectivity index (χ1) is 7.19. The number of carbonyl (C=O) groups excluding carboxylic acids is 1. The number of aromatic nitrogens is 2. The zero-order valence-corrected chi connectivity index (χ0v) is 9.14. The van der Waals surface area contributed by atoms with Gasteiger partial charge in [-0.15, -0.1) is 0 Å². The molecule has 1 aromatic rings. The van der Waals surface area contributed by atoms with Gasteiger partial charge in [-0.25, -0.2) is 4.98 Å². The molecule has 0 saturated carbocycles. The van der Waals surface area contributed by atoms with Gasteiger partial charge in [-0.1, -0.05) is 6.92 Å². The van der Waals surface area contributed by atoms with E-state index in [1.54, 1.807) is 24.0 Å². The first-order valence-electron chi connectivity index (χ1n) is 5.10. The Bertz CT molecular complexity index is 322. The zero-order valence-electron chi connectivity index (χ0n) is 9.14. The minimum Gasteiger partial charge on any atom is -0.465 e. The van der Waals surface area contributed by atoms with E-state index in [0.717, 1.165) is 12.1 Å². The Kier molecular flexibility index (Phi) is 4.30. The number of rotatable bonds is 5. The SMILES string of the molecule is CCOC(=O)Cn1cncc1[C@H](N)CC. The highest BCUT2D eigenvalue weighted by atomic mass is 16.5. The third kappa shape index (κ3) is 3.06. The Hall–Kier alpha value is -1.36. The van der Waals surface area contributed by atoms with Crippen molar-refractivity contribution < 1.29 is 9.53 Å². The second-order valence-electron chi connectivity index (χ2n) is 3.27.